The number of nitrogens with one attached hydrogen (secondary N) is 2. The van der Waals surface area contributed by atoms with Gasteiger partial charge in [-0.1, -0.05) is 48.5 Å². The molecular formula is C20H20N2O3. The molecule has 0 spiro atoms. The minimum absolute atomic E-state index is 0.305. The second-order valence-electron chi connectivity index (χ2n) is 5.84. The molecule has 2 N–H and O–H groups in total. The normalized spacial score (nSPS) is 11.9. The van der Waals surface area contributed by atoms with E-state index in [1.807, 2.05) is 54.6 Å². The SMILES string of the molecule is C[C@@H](OC(=O)c1cc2ccccc2[nH]1)C(=O)NCCc1ccccc1. The minimum Gasteiger partial charge on any atom is -0.448 e. The number of hydrogen-bond acceptors (Lipinski definition) is 3. The van der Waals surface area contributed by atoms with Gasteiger partial charge in [-0.25, -0.2) is 4.79 Å². The lowest BCUT2D eigenvalue weighted by atomic mass is 10.1. The number of aromatic amines is 1. The van der Waals surface area contributed by atoms with Crippen molar-refractivity contribution in [3.63, 3.8) is 0 Å². The van der Waals surface area contributed by atoms with Crippen LogP contribution in [0.2, 0.25) is 0 Å². The molecule has 0 unspecified atom stereocenters. The highest BCUT2D eigenvalue weighted by molar-refractivity contribution is 5.96. The Bertz CT molecular complexity index is 838. The lowest BCUT2D eigenvalue weighted by Gasteiger charge is -2.13. The van der Waals surface area contributed by atoms with E-state index in [2.05, 4.69) is 10.3 Å². The molecule has 0 saturated carbocycles. The molecule has 25 heavy (non-hydrogen) atoms. The van der Waals surface area contributed by atoms with Crippen LogP contribution in [0, 0.1) is 0 Å². The number of benzene rings is 2. The molecule has 3 rings (SSSR count). The summed E-state index contributed by atoms with van der Waals surface area (Å²) >= 11 is 0. The summed E-state index contributed by atoms with van der Waals surface area (Å²) in [5.41, 5.74) is 2.34. The van der Waals surface area contributed by atoms with E-state index in [9.17, 15) is 9.59 Å². The fourth-order valence-electron chi connectivity index (χ4n) is 2.58. The zero-order valence-corrected chi connectivity index (χ0v) is 14.0. The monoisotopic (exact) mass is 336 g/mol. The van der Waals surface area contributed by atoms with Gasteiger partial charge < -0.3 is 15.0 Å². The molecule has 0 fully saturated rings. The number of fused-ring (bicyclic) bond motifs is 1. The van der Waals surface area contributed by atoms with Crippen LogP contribution in [0.4, 0.5) is 0 Å². The van der Waals surface area contributed by atoms with E-state index in [4.69, 9.17) is 4.74 Å². The molecular weight excluding hydrogens is 316 g/mol. The number of rotatable bonds is 6. The van der Waals surface area contributed by atoms with E-state index in [-0.39, 0.29) is 5.91 Å². The van der Waals surface area contributed by atoms with Gasteiger partial charge in [-0.05, 0) is 31.0 Å². The van der Waals surface area contributed by atoms with E-state index >= 15 is 0 Å². The molecule has 128 valence electrons. The summed E-state index contributed by atoms with van der Waals surface area (Å²) in [4.78, 5) is 27.3. The third-order valence-corrected chi connectivity index (χ3v) is 3.96. The molecule has 5 heteroatoms. The molecule has 2 aromatic carbocycles. The lowest BCUT2D eigenvalue weighted by molar-refractivity contribution is -0.129. The van der Waals surface area contributed by atoms with Crippen LogP contribution in [0.1, 0.15) is 23.0 Å². The fourth-order valence-corrected chi connectivity index (χ4v) is 2.58. The van der Waals surface area contributed by atoms with Crippen molar-refractivity contribution in [2.75, 3.05) is 6.54 Å². The van der Waals surface area contributed by atoms with Crippen LogP contribution in [0.3, 0.4) is 0 Å². The first-order valence-electron chi connectivity index (χ1n) is 8.24. The first-order valence-corrected chi connectivity index (χ1v) is 8.24. The Kier molecular flexibility index (Phi) is 5.14. The Morgan fingerprint density at radius 2 is 1.80 bits per heavy atom. The zero-order chi connectivity index (χ0) is 17.6. The van der Waals surface area contributed by atoms with Gasteiger partial charge in [0.05, 0.1) is 0 Å². The number of ether oxygens (including phenoxy) is 1. The molecule has 5 nitrogen and oxygen atoms in total. The highest BCUT2D eigenvalue weighted by Gasteiger charge is 2.19. The van der Waals surface area contributed by atoms with Gasteiger partial charge in [0.15, 0.2) is 6.10 Å². The predicted octanol–water partition coefficient (Wildman–Crippen LogP) is 3.07. The summed E-state index contributed by atoms with van der Waals surface area (Å²) in [5.74, 6) is -0.845. The van der Waals surface area contributed by atoms with Crippen molar-refractivity contribution in [3.8, 4) is 0 Å². The first-order chi connectivity index (χ1) is 12.1. The van der Waals surface area contributed by atoms with Crippen molar-refractivity contribution in [1.29, 1.82) is 0 Å². The fraction of sp³-hybridized carbons (Fsp3) is 0.200. The maximum Gasteiger partial charge on any atom is 0.355 e. The Labute approximate surface area is 146 Å². The average Bonchev–Trinajstić information content (AvgIpc) is 3.07. The number of esters is 1. The van der Waals surface area contributed by atoms with E-state index in [0.29, 0.717) is 12.2 Å². The highest BCUT2D eigenvalue weighted by atomic mass is 16.5. The standard InChI is InChI=1S/C20H20N2O3/c1-14(19(23)21-12-11-15-7-3-2-4-8-15)25-20(24)18-13-16-9-5-6-10-17(16)22-18/h2-10,13-14,22H,11-12H2,1H3,(H,21,23)/t14-/m1/s1. The number of para-hydroxylation sites is 1. The summed E-state index contributed by atoms with van der Waals surface area (Å²) < 4.78 is 5.25. The summed E-state index contributed by atoms with van der Waals surface area (Å²) in [5, 5.41) is 3.71. The van der Waals surface area contributed by atoms with Crippen LogP contribution in [0.25, 0.3) is 10.9 Å². The second kappa shape index (κ2) is 7.66. The molecule has 0 aliphatic rings. The van der Waals surface area contributed by atoms with Gasteiger partial charge in [0, 0.05) is 17.4 Å². The van der Waals surface area contributed by atoms with E-state index in [0.717, 1.165) is 22.9 Å². The Balaban J connectivity index is 1.51. The van der Waals surface area contributed by atoms with E-state index in [1.54, 1.807) is 13.0 Å². The van der Waals surface area contributed by atoms with Crippen LogP contribution in [-0.4, -0.2) is 29.5 Å². The van der Waals surface area contributed by atoms with Crippen LogP contribution in [0.15, 0.2) is 60.7 Å². The van der Waals surface area contributed by atoms with Crippen molar-refractivity contribution >= 4 is 22.8 Å². The van der Waals surface area contributed by atoms with Crippen molar-refractivity contribution in [2.45, 2.75) is 19.4 Å². The van der Waals surface area contributed by atoms with Gasteiger partial charge in [0.25, 0.3) is 5.91 Å². The molecule has 1 heterocycles. The third kappa shape index (κ3) is 4.26. The van der Waals surface area contributed by atoms with Crippen molar-refractivity contribution < 1.29 is 14.3 Å². The predicted molar refractivity (Wildman–Crippen MR) is 96.3 cm³/mol. The zero-order valence-electron chi connectivity index (χ0n) is 14.0. The maximum atomic E-state index is 12.2. The first kappa shape index (κ1) is 16.8. The smallest absolute Gasteiger partial charge is 0.355 e. The lowest BCUT2D eigenvalue weighted by Crippen LogP contribution is -2.36. The Morgan fingerprint density at radius 3 is 2.56 bits per heavy atom. The number of carbonyl (C=O) groups excluding carboxylic acids is 2. The van der Waals surface area contributed by atoms with Crippen molar-refractivity contribution in [2.24, 2.45) is 0 Å². The van der Waals surface area contributed by atoms with Gasteiger partial charge in [0.1, 0.15) is 5.69 Å². The minimum atomic E-state index is -0.852. The topological polar surface area (TPSA) is 71.2 Å². The Morgan fingerprint density at radius 1 is 1.08 bits per heavy atom. The number of hydrogen-bond donors (Lipinski definition) is 2. The molecule has 0 aliphatic carbocycles. The van der Waals surface area contributed by atoms with Crippen LogP contribution >= 0.6 is 0 Å². The summed E-state index contributed by atoms with van der Waals surface area (Å²) in [6.45, 7) is 2.07. The van der Waals surface area contributed by atoms with Gasteiger partial charge >= 0.3 is 5.97 Å². The molecule has 3 aromatic rings. The largest absolute Gasteiger partial charge is 0.448 e. The van der Waals surface area contributed by atoms with Crippen molar-refractivity contribution in [1.82, 2.24) is 10.3 Å². The molecule has 1 amide bonds. The number of H-pyrrole nitrogens is 1. The number of aromatic nitrogens is 1. The number of amides is 1. The summed E-state index contributed by atoms with van der Waals surface area (Å²) in [6.07, 6.45) is -0.121. The molecule has 0 radical (unpaired) electrons. The highest BCUT2D eigenvalue weighted by Crippen LogP contribution is 2.15. The summed E-state index contributed by atoms with van der Waals surface area (Å²) in [7, 11) is 0. The van der Waals surface area contributed by atoms with Crippen molar-refractivity contribution in [3.05, 3.63) is 71.9 Å². The third-order valence-electron chi connectivity index (χ3n) is 3.96. The quantitative estimate of drug-likeness (QED) is 0.680. The van der Waals surface area contributed by atoms with Gasteiger partial charge in [-0.2, -0.15) is 0 Å². The number of carbonyl (C=O) groups is 2. The van der Waals surface area contributed by atoms with Gasteiger partial charge in [-0.15, -0.1) is 0 Å². The summed E-state index contributed by atoms with van der Waals surface area (Å²) in [6, 6.07) is 19.2. The van der Waals surface area contributed by atoms with Gasteiger partial charge in [-0.3, -0.25) is 4.79 Å². The van der Waals surface area contributed by atoms with E-state index in [1.165, 1.54) is 0 Å². The van der Waals surface area contributed by atoms with Crippen LogP contribution in [-0.2, 0) is 16.0 Å². The van der Waals surface area contributed by atoms with Crippen LogP contribution < -0.4 is 5.32 Å². The molecule has 0 bridgehead atoms. The maximum absolute atomic E-state index is 12.2. The Hall–Kier alpha value is -3.08. The van der Waals surface area contributed by atoms with E-state index < -0.39 is 12.1 Å². The molecule has 0 aliphatic heterocycles. The molecule has 0 saturated heterocycles. The average molecular weight is 336 g/mol. The van der Waals surface area contributed by atoms with Gasteiger partial charge in [0.2, 0.25) is 0 Å². The second-order valence-corrected chi connectivity index (χ2v) is 5.84. The van der Waals surface area contributed by atoms with Crippen LogP contribution in [0.5, 0.6) is 0 Å². The molecule has 1 aromatic heterocycles. The molecule has 1 atom stereocenters.